The van der Waals surface area contributed by atoms with Crippen molar-refractivity contribution in [1.29, 1.82) is 0 Å². The van der Waals surface area contributed by atoms with Gasteiger partial charge in [0.2, 0.25) is 0 Å². The molecule has 5 nitrogen and oxygen atoms in total. The van der Waals surface area contributed by atoms with E-state index in [0.717, 1.165) is 44.9 Å². The average molecular weight is 970 g/mol. The van der Waals surface area contributed by atoms with Crippen LogP contribution in [0.2, 0.25) is 0 Å². The molecule has 0 aromatic carbocycles. The van der Waals surface area contributed by atoms with Crippen LogP contribution >= 0.6 is 0 Å². The summed E-state index contributed by atoms with van der Waals surface area (Å²) in [6.45, 7) is 33.2. The van der Waals surface area contributed by atoms with E-state index in [1.807, 2.05) is 6.92 Å². The van der Waals surface area contributed by atoms with E-state index in [4.69, 9.17) is 18.9 Å². The zero-order valence-electron chi connectivity index (χ0n) is 37.2. The summed E-state index contributed by atoms with van der Waals surface area (Å²) in [5, 5.41) is 0. The van der Waals surface area contributed by atoms with Crippen LogP contribution in [0.4, 0.5) is 0 Å². The molecule has 6 fully saturated rings. The molecule has 55 heavy (non-hydrogen) atoms. The molecule has 313 valence electrons. The van der Waals surface area contributed by atoms with Gasteiger partial charge in [0.05, 0.1) is 12.2 Å². The van der Waals surface area contributed by atoms with Crippen molar-refractivity contribution < 1.29 is 63.4 Å². The van der Waals surface area contributed by atoms with Crippen LogP contribution in [-0.2, 0) is 63.4 Å². The van der Waals surface area contributed by atoms with Gasteiger partial charge in [-0.05, 0) is 104 Å². The molecule has 2 aliphatic heterocycles. The Morgan fingerprint density at radius 3 is 2.22 bits per heavy atom. The molecule has 1 radical (unpaired) electrons. The number of rotatable bonds is 6. The van der Waals surface area contributed by atoms with Gasteiger partial charge in [-0.2, -0.15) is 19.3 Å². The molecule has 0 spiro atoms. The number of allylic oxidation sites excluding steroid dienone is 2. The van der Waals surface area contributed by atoms with Gasteiger partial charge >= 0.3 is 0 Å². The first-order chi connectivity index (χ1) is 24.7. The minimum absolute atomic E-state index is 0. The first kappa shape index (κ1) is 46.6. The van der Waals surface area contributed by atoms with Crippen molar-refractivity contribution in [2.45, 2.75) is 198 Å². The van der Waals surface area contributed by atoms with Gasteiger partial charge in [0.15, 0.2) is 12.6 Å². The first-order valence-electron chi connectivity index (χ1n) is 22.3. The molecule has 2 heterocycles. The van der Waals surface area contributed by atoms with Crippen LogP contribution in [0, 0.1) is 86.8 Å². The molecule has 0 aromatic rings. The SMILES string of the molecule is CCC1O[C@@H](OC2[C@H](O[C@H]3CCC4(C)C5CC=C6C7CC(C)(C)CC[C@]7(C(C)=O)[CH-]C[C@@]6(C)C5(C)CC[C@H]4[C-]3C)OC(C)[C@@H](C)[C@@H]2C)C(C)[C@@H](C)[C@H]1C.[V].[W]. The number of ether oxygens (including phenoxy) is 4. The average Bonchev–Trinajstić information content (AvgIpc) is 3.10. The maximum atomic E-state index is 13.5. The Balaban J connectivity index is 0.00000290. The van der Waals surface area contributed by atoms with E-state index in [0.29, 0.717) is 53.1 Å². The van der Waals surface area contributed by atoms with E-state index in [1.165, 1.54) is 25.2 Å². The third kappa shape index (κ3) is 7.30. The molecule has 0 bridgehead atoms. The molecule has 7 heteroatoms. The predicted molar refractivity (Wildman–Crippen MR) is 213 cm³/mol. The topological polar surface area (TPSA) is 54.0 Å². The summed E-state index contributed by atoms with van der Waals surface area (Å²) in [6.07, 6.45) is 15.9. The van der Waals surface area contributed by atoms with Gasteiger partial charge in [-0.1, -0.05) is 124 Å². The van der Waals surface area contributed by atoms with Crippen LogP contribution in [0.25, 0.3) is 0 Å². The Hall–Kier alpha value is 0.523. The van der Waals surface area contributed by atoms with Crippen LogP contribution in [0.5, 0.6) is 0 Å². The number of carbonyl (C=O) groups excluding carboxylic acids is 1. The molecule has 2 saturated heterocycles. The quantitative estimate of drug-likeness (QED) is 0.151. The fraction of sp³-hybridized carbons (Fsp3) is 0.896. The first-order valence-corrected chi connectivity index (χ1v) is 22.3. The zero-order chi connectivity index (χ0) is 38.6. The third-order valence-corrected chi connectivity index (χ3v) is 19.0. The second-order valence-electron chi connectivity index (χ2n) is 21.7. The summed E-state index contributed by atoms with van der Waals surface area (Å²) >= 11 is 0. The molecule has 0 N–H and O–H groups in total. The van der Waals surface area contributed by atoms with E-state index in [2.05, 4.69) is 103 Å². The normalized spacial score (nSPS) is 52.1. The van der Waals surface area contributed by atoms with E-state index in [1.54, 1.807) is 5.57 Å². The van der Waals surface area contributed by atoms with Crippen LogP contribution in [0.3, 0.4) is 0 Å². The fourth-order valence-electron chi connectivity index (χ4n) is 14.2. The molecule has 4 saturated carbocycles. The van der Waals surface area contributed by atoms with E-state index >= 15 is 0 Å². The monoisotopic (exact) mass is 969 g/mol. The van der Waals surface area contributed by atoms with E-state index in [9.17, 15) is 4.79 Å². The molecule has 7 rings (SSSR count). The zero-order valence-corrected chi connectivity index (χ0v) is 41.5. The summed E-state index contributed by atoms with van der Waals surface area (Å²) in [6, 6.07) is 0. The molecule has 5 aliphatic carbocycles. The van der Waals surface area contributed by atoms with Gasteiger partial charge in [-0.3, -0.25) is 5.92 Å². The second kappa shape index (κ2) is 16.4. The van der Waals surface area contributed by atoms with Crippen LogP contribution in [-0.4, -0.2) is 42.8 Å². The maximum absolute atomic E-state index is 13.5. The summed E-state index contributed by atoms with van der Waals surface area (Å²) in [7, 11) is 0. The molecular weight excluding hydrogens is 891 g/mol. The van der Waals surface area contributed by atoms with Crippen molar-refractivity contribution in [1.82, 2.24) is 0 Å². The van der Waals surface area contributed by atoms with Crippen molar-refractivity contribution in [3.63, 3.8) is 0 Å². The van der Waals surface area contributed by atoms with Crippen molar-refractivity contribution in [3.05, 3.63) is 24.0 Å². The largest absolute Gasteiger partial charge is 0.379 e. The second-order valence-corrected chi connectivity index (χ2v) is 21.7. The maximum Gasteiger partial charge on any atom is 0.182 e. The Kier molecular flexibility index (Phi) is 13.9. The summed E-state index contributed by atoms with van der Waals surface area (Å²) in [5.74, 6) is 5.44. The van der Waals surface area contributed by atoms with Crippen LogP contribution in [0.1, 0.15) is 161 Å². The Morgan fingerprint density at radius 2 is 1.56 bits per heavy atom. The van der Waals surface area contributed by atoms with Crippen LogP contribution < -0.4 is 0 Å². The van der Waals surface area contributed by atoms with Gasteiger partial charge in [0.1, 0.15) is 11.9 Å². The van der Waals surface area contributed by atoms with Gasteiger partial charge < -0.3 is 30.2 Å². The molecule has 0 amide bonds. The molecule has 8 unspecified atom stereocenters. The van der Waals surface area contributed by atoms with E-state index < -0.39 is 6.29 Å². The Labute approximate surface area is 363 Å². The van der Waals surface area contributed by atoms with Crippen LogP contribution in [0.15, 0.2) is 11.6 Å². The Bertz CT molecular complexity index is 1420. The van der Waals surface area contributed by atoms with Gasteiger partial charge in [-0.15, -0.1) is 0 Å². The molecular formula is C48H78O5VW-2. The van der Waals surface area contributed by atoms with E-state index in [-0.39, 0.29) is 97.4 Å². The van der Waals surface area contributed by atoms with Crippen molar-refractivity contribution in [2.75, 3.05) is 0 Å². The predicted octanol–water partition coefficient (Wildman–Crippen LogP) is 11.6. The Morgan fingerprint density at radius 1 is 0.873 bits per heavy atom. The van der Waals surface area contributed by atoms with Crippen molar-refractivity contribution >= 4 is 5.78 Å². The molecule has 18 atom stereocenters. The summed E-state index contributed by atoms with van der Waals surface area (Å²) in [5.41, 5.74) is 2.16. The molecule has 7 aliphatic rings. The number of hydrogen-bond donors (Lipinski definition) is 0. The minimum atomic E-state index is -0.405. The van der Waals surface area contributed by atoms with Gasteiger partial charge in [0, 0.05) is 45.5 Å². The molecule has 0 aromatic heterocycles. The number of Topliss-reactive ketones (excluding diaryl/α,β-unsaturated/α-hetero) is 1. The summed E-state index contributed by atoms with van der Waals surface area (Å²) < 4.78 is 27.7. The van der Waals surface area contributed by atoms with Crippen molar-refractivity contribution in [3.8, 4) is 0 Å². The fourth-order valence-corrected chi connectivity index (χ4v) is 14.2. The number of carbonyl (C=O) groups is 1. The van der Waals surface area contributed by atoms with Gasteiger partial charge in [-0.25, -0.2) is 0 Å². The number of ketones is 1. The minimum Gasteiger partial charge on any atom is -0.379 e. The number of fused-ring (bicyclic) bond motifs is 7. The third-order valence-electron chi connectivity index (χ3n) is 19.0. The summed E-state index contributed by atoms with van der Waals surface area (Å²) in [4.78, 5) is 13.5. The van der Waals surface area contributed by atoms with Crippen molar-refractivity contribution in [2.24, 2.45) is 74.4 Å². The smallest absolute Gasteiger partial charge is 0.182 e. The number of hydrogen-bond acceptors (Lipinski definition) is 5. The van der Waals surface area contributed by atoms with Gasteiger partial charge in [0.25, 0.3) is 0 Å². The standard InChI is InChI=1S/C48H78O5.V.W/c1-15-38-29(4)27(2)31(6)42(51-38)53-41-30(5)28(3)33(8)50-43(41)52-39-19-20-45(12)35(32(39)7)18-21-47(14)40(45)17-16-36-37-26-44(10,11)22-24-48(37,34(9)49)25-23-46(36,47)13;;/h16,25,27-31,33,35,37-43H,15,17-24,26H2,1-14H3;;/q-2;;/t27-,28-,29+,30-,31?,33?,35-,37?,38?,39-,40?,41?,42-,43-,45?,46+,47?,48+;;/m0../s1.